The van der Waals surface area contributed by atoms with Crippen LogP contribution in [0.1, 0.15) is 34.5 Å². The highest BCUT2D eigenvalue weighted by molar-refractivity contribution is 6.31. The average Bonchev–Trinajstić information content (AvgIpc) is 3.31. The zero-order valence-corrected chi connectivity index (χ0v) is 18.5. The average molecular weight is 460 g/mol. The number of piperidine rings is 1. The summed E-state index contributed by atoms with van der Waals surface area (Å²) in [5.41, 5.74) is 1.56. The Hall–Kier alpha value is -2.77. The minimum Gasteiger partial charge on any atom is -0.464 e. The number of benzene rings is 1. The molecule has 1 amide bonds. The van der Waals surface area contributed by atoms with Gasteiger partial charge in [0.1, 0.15) is 17.2 Å². The quantitative estimate of drug-likeness (QED) is 0.552. The van der Waals surface area contributed by atoms with Crippen LogP contribution in [0.5, 0.6) is 0 Å². The fourth-order valence-electron chi connectivity index (χ4n) is 3.89. The molecule has 0 spiro atoms. The number of amides is 1. The van der Waals surface area contributed by atoms with Crippen molar-refractivity contribution in [3.8, 4) is 11.3 Å². The van der Waals surface area contributed by atoms with E-state index in [1.165, 1.54) is 18.2 Å². The van der Waals surface area contributed by atoms with Crippen molar-refractivity contribution in [3.63, 3.8) is 0 Å². The van der Waals surface area contributed by atoms with Crippen molar-refractivity contribution in [1.82, 2.24) is 15.2 Å². The fraction of sp³-hybridized carbons (Fsp3) is 0.333. The first-order chi connectivity index (χ1) is 15.3. The van der Waals surface area contributed by atoms with Gasteiger partial charge in [-0.05, 0) is 48.9 Å². The molecule has 3 aromatic rings. The van der Waals surface area contributed by atoms with Crippen LogP contribution in [0.2, 0.25) is 5.02 Å². The van der Waals surface area contributed by atoms with Gasteiger partial charge in [0.25, 0.3) is 5.91 Å². The van der Waals surface area contributed by atoms with Gasteiger partial charge in [0.2, 0.25) is 0 Å². The number of aryl methyl sites for hydroxylation is 1. The highest BCUT2D eigenvalue weighted by Gasteiger charge is 2.36. The van der Waals surface area contributed by atoms with Gasteiger partial charge in [-0.1, -0.05) is 11.6 Å². The molecular weight excluding hydrogens is 436 g/mol. The number of aromatic nitrogens is 1. The summed E-state index contributed by atoms with van der Waals surface area (Å²) < 4.78 is 34.2. The lowest BCUT2D eigenvalue weighted by Gasteiger charge is -2.36. The van der Waals surface area contributed by atoms with Gasteiger partial charge in [0.05, 0.1) is 17.0 Å². The van der Waals surface area contributed by atoms with Crippen molar-refractivity contribution in [2.75, 3.05) is 19.6 Å². The Morgan fingerprint density at radius 1 is 1.28 bits per heavy atom. The second-order valence-electron chi connectivity index (χ2n) is 8.16. The Bertz CT molecular complexity index is 1100. The van der Waals surface area contributed by atoms with Gasteiger partial charge in [-0.25, -0.2) is 8.78 Å². The zero-order chi connectivity index (χ0) is 22.7. The largest absolute Gasteiger partial charge is 0.464 e. The van der Waals surface area contributed by atoms with Crippen LogP contribution in [-0.4, -0.2) is 41.1 Å². The molecule has 1 saturated heterocycles. The zero-order valence-electron chi connectivity index (χ0n) is 17.7. The van der Waals surface area contributed by atoms with Crippen LogP contribution < -0.4 is 5.32 Å². The van der Waals surface area contributed by atoms with E-state index >= 15 is 4.39 Å². The molecule has 2 aromatic heterocycles. The highest BCUT2D eigenvalue weighted by atomic mass is 35.5. The monoisotopic (exact) mass is 459 g/mol. The van der Waals surface area contributed by atoms with Crippen molar-refractivity contribution >= 4 is 17.5 Å². The third-order valence-electron chi connectivity index (χ3n) is 5.74. The van der Waals surface area contributed by atoms with Crippen LogP contribution in [0.25, 0.3) is 11.3 Å². The Morgan fingerprint density at radius 2 is 2.06 bits per heavy atom. The predicted molar refractivity (Wildman–Crippen MR) is 119 cm³/mol. The maximum atomic E-state index is 15.4. The molecule has 3 heterocycles. The third-order valence-corrected chi connectivity index (χ3v) is 6.03. The van der Waals surface area contributed by atoms with Crippen LogP contribution in [-0.2, 0) is 6.54 Å². The number of halogens is 3. The van der Waals surface area contributed by atoms with Crippen LogP contribution >= 0.6 is 11.6 Å². The number of nitrogens with one attached hydrogen (secondary N) is 1. The summed E-state index contributed by atoms with van der Waals surface area (Å²) in [5, 5.41) is 3.08. The first kappa shape index (κ1) is 22.4. The van der Waals surface area contributed by atoms with Gasteiger partial charge in [-0.2, -0.15) is 0 Å². The second kappa shape index (κ2) is 9.38. The Kier molecular flexibility index (Phi) is 6.58. The number of furan rings is 1. The van der Waals surface area contributed by atoms with E-state index in [1.807, 2.05) is 25.1 Å². The normalized spacial score (nSPS) is 15.7. The molecule has 8 heteroatoms. The molecule has 0 saturated carbocycles. The maximum absolute atomic E-state index is 15.4. The first-order valence-corrected chi connectivity index (χ1v) is 10.9. The molecule has 1 aromatic carbocycles. The Labute approximate surface area is 190 Å². The predicted octanol–water partition coefficient (Wildman–Crippen LogP) is 5.18. The molecule has 1 N–H and O–H groups in total. The van der Waals surface area contributed by atoms with Crippen molar-refractivity contribution in [2.24, 2.45) is 0 Å². The number of carbonyl (C=O) groups excluding carboxylic acids is 1. The fourth-order valence-corrected chi connectivity index (χ4v) is 4.07. The molecule has 1 aliphatic rings. The number of hydrogen-bond acceptors (Lipinski definition) is 4. The number of pyridine rings is 1. The van der Waals surface area contributed by atoms with Gasteiger partial charge in [-0.15, -0.1) is 0 Å². The number of alkyl halides is 1. The van der Waals surface area contributed by atoms with E-state index in [9.17, 15) is 9.18 Å². The van der Waals surface area contributed by atoms with Crippen LogP contribution in [0.3, 0.4) is 0 Å². The van der Waals surface area contributed by atoms with E-state index < -0.39 is 11.5 Å². The van der Waals surface area contributed by atoms with Crippen molar-refractivity contribution in [3.05, 3.63) is 76.5 Å². The van der Waals surface area contributed by atoms with E-state index in [0.717, 1.165) is 22.6 Å². The lowest BCUT2D eigenvalue weighted by molar-refractivity contribution is 0.0434. The smallest absolute Gasteiger partial charge is 0.253 e. The topological polar surface area (TPSA) is 58.4 Å². The minimum atomic E-state index is -1.42. The number of carbonyl (C=O) groups is 1. The SMILES string of the molecule is Cc1cnc(CNCC2(F)CCN(C(=O)c3ccc(F)c(Cl)c3)CC2)c(-c2ccco2)c1. The molecular formula is C24H24ClF2N3O2. The van der Waals surface area contributed by atoms with Gasteiger partial charge in [0, 0.05) is 56.3 Å². The Morgan fingerprint density at radius 3 is 2.75 bits per heavy atom. The molecule has 0 atom stereocenters. The van der Waals surface area contributed by atoms with Gasteiger partial charge < -0.3 is 14.6 Å². The van der Waals surface area contributed by atoms with Crippen LogP contribution in [0.4, 0.5) is 8.78 Å². The summed E-state index contributed by atoms with van der Waals surface area (Å²) in [6, 6.07) is 9.56. The van der Waals surface area contributed by atoms with E-state index in [0.29, 0.717) is 12.1 Å². The minimum absolute atomic E-state index is 0.101. The summed E-state index contributed by atoms with van der Waals surface area (Å²) in [6.07, 6.45) is 3.82. The summed E-state index contributed by atoms with van der Waals surface area (Å²) in [7, 11) is 0. The number of hydrogen-bond donors (Lipinski definition) is 1. The number of rotatable bonds is 6. The molecule has 0 aliphatic carbocycles. The van der Waals surface area contributed by atoms with Crippen molar-refractivity contribution in [1.29, 1.82) is 0 Å². The van der Waals surface area contributed by atoms with Crippen molar-refractivity contribution in [2.45, 2.75) is 32.0 Å². The Balaban J connectivity index is 1.33. The van der Waals surface area contributed by atoms with Crippen molar-refractivity contribution < 1.29 is 18.0 Å². The first-order valence-electron chi connectivity index (χ1n) is 10.5. The van der Waals surface area contributed by atoms with E-state index in [-0.39, 0.29) is 43.4 Å². The van der Waals surface area contributed by atoms with Gasteiger partial charge in [0.15, 0.2) is 0 Å². The molecule has 0 bridgehead atoms. The summed E-state index contributed by atoms with van der Waals surface area (Å²) >= 11 is 5.78. The van der Waals surface area contributed by atoms with Gasteiger partial charge >= 0.3 is 0 Å². The van der Waals surface area contributed by atoms with Gasteiger partial charge in [-0.3, -0.25) is 9.78 Å². The molecule has 0 unspecified atom stereocenters. The summed E-state index contributed by atoms with van der Waals surface area (Å²) in [6.45, 7) is 3.09. The van der Waals surface area contributed by atoms with Crippen LogP contribution in [0, 0.1) is 12.7 Å². The number of nitrogens with zero attached hydrogens (tertiary/aromatic N) is 2. The molecule has 1 fully saturated rings. The second-order valence-corrected chi connectivity index (χ2v) is 8.57. The maximum Gasteiger partial charge on any atom is 0.253 e. The molecule has 1 aliphatic heterocycles. The van der Waals surface area contributed by atoms with E-state index in [4.69, 9.17) is 16.0 Å². The molecule has 4 rings (SSSR count). The van der Waals surface area contributed by atoms with Crippen LogP contribution in [0.15, 0.2) is 53.3 Å². The third kappa shape index (κ3) is 5.00. The lowest BCUT2D eigenvalue weighted by Crippen LogP contribution is -2.48. The summed E-state index contributed by atoms with van der Waals surface area (Å²) in [4.78, 5) is 18.7. The van der Waals surface area contributed by atoms with E-state index in [2.05, 4.69) is 10.3 Å². The molecule has 5 nitrogen and oxygen atoms in total. The molecule has 168 valence electrons. The number of likely N-dealkylation sites (tertiary alicyclic amines) is 1. The van der Waals surface area contributed by atoms with E-state index in [1.54, 1.807) is 17.4 Å². The standard InChI is InChI=1S/C24H24ClF2N3O2/c1-16-11-18(22-3-2-10-32-22)21(29-13-16)14-28-15-24(27)6-8-30(9-7-24)23(31)17-4-5-20(26)19(25)12-17/h2-5,10-13,28H,6-9,14-15H2,1H3. The molecule has 32 heavy (non-hydrogen) atoms. The highest BCUT2D eigenvalue weighted by Crippen LogP contribution is 2.28. The lowest BCUT2D eigenvalue weighted by atomic mass is 9.92. The summed E-state index contributed by atoms with van der Waals surface area (Å²) in [5.74, 6) is -0.122. The molecule has 0 radical (unpaired) electrons.